The highest BCUT2D eigenvalue weighted by Gasteiger charge is 2.91. The van der Waals surface area contributed by atoms with Gasteiger partial charge in [-0.15, -0.1) is 0 Å². The molecule has 0 atom stereocenters. The van der Waals surface area contributed by atoms with Crippen molar-refractivity contribution in [3.63, 3.8) is 0 Å². The minimum atomic E-state index is -1.44. The molecule has 1 aromatic rings. The summed E-state index contributed by atoms with van der Waals surface area (Å²) in [4.78, 5) is 38.2. The molecule has 5 aliphatic rings. The van der Waals surface area contributed by atoms with Crippen LogP contribution in [0.1, 0.15) is 19.4 Å². The van der Waals surface area contributed by atoms with Crippen molar-refractivity contribution in [1.82, 2.24) is 0 Å². The van der Waals surface area contributed by atoms with E-state index in [1.54, 1.807) is 13.8 Å². The molecule has 27 heavy (non-hydrogen) atoms. The average molecular weight is 375 g/mol. The molecule has 5 heterocycles. The predicted octanol–water partition coefficient (Wildman–Crippen LogP) is -2.34. The molecule has 4 saturated heterocycles. The van der Waals surface area contributed by atoms with Crippen LogP contribution < -0.4 is 15.1 Å². The van der Waals surface area contributed by atoms with Gasteiger partial charge in [-0.05, 0) is 26.0 Å². The van der Waals surface area contributed by atoms with Gasteiger partial charge in [0, 0.05) is 9.85 Å². The van der Waals surface area contributed by atoms with Gasteiger partial charge in [0.25, 0.3) is 0 Å². The Morgan fingerprint density at radius 1 is 0.963 bits per heavy atom. The number of benzene rings is 1. The summed E-state index contributed by atoms with van der Waals surface area (Å²) in [5.41, 5.74) is -3.56. The SMILES string of the molecule is CC1(C)C2([N+](=O)[O-])C[NH+]3CC1([N+](=O)[O-])C[NH+](C2)C31C(=O)Nc2ccccc21. The largest absolute Gasteiger partial charge is 0.351 e. The Hall–Kier alpha value is -2.59. The number of amides is 1. The second-order valence-electron chi connectivity index (χ2n) is 8.87. The van der Waals surface area contributed by atoms with E-state index in [0.29, 0.717) is 15.5 Å². The standard InChI is InChI=1S/C17H19N5O5/c1-14(2)15(21(24)25)7-19-9-16(14,22(26)27)10-20(8-15)17(19)11-5-3-4-6-12(11)18-13(17)23/h3-6H,7-10H2,1-2H3,(H,18,23)/p+2. The maximum atomic E-state index is 13.2. The molecule has 0 aromatic heterocycles. The summed E-state index contributed by atoms with van der Waals surface area (Å²) in [7, 11) is 0. The van der Waals surface area contributed by atoms with E-state index in [4.69, 9.17) is 0 Å². The van der Waals surface area contributed by atoms with Crippen LogP contribution in [0.25, 0.3) is 0 Å². The third-order valence-electron chi connectivity index (χ3n) is 8.03. The number of hydrogen-bond acceptors (Lipinski definition) is 5. The number of nitrogens with zero attached hydrogens (tertiary/aromatic N) is 2. The molecule has 1 amide bonds. The molecular weight excluding hydrogens is 354 g/mol. The van der Waals surface area contributed by atoms with E-state index in [9.17, 15) is 25.0 Å². The average Bonchev–Trinajstić information content (AvgIpc) is 2.87. The lowest BCUT2D eigenvalue weighted by Crippen LogP contribution is -3.50. The summed E-state index contributed by atoms with van der Waals surface area (Å²) in [5, 5.41) is 27.3. The van der Waals surface area contributed by atoms with Gasteiger partial charge in [-0.2, -0.15) is 0 Å². The van der Waals surface area contributed by atoms with Crippen molar-refractivity contribution in [2.75, 3.05) is 31.5 Å². The highest BCUT2D eigenvalue weighted by molar-refractivity contribution is 6.03. The van der Waals surface area contributed by atoms with Crippen molar-refractivity contribution in [2.45, 2.75) is 30.6 Å². The van der Waals surface area contributed by atoms with E-state index < -0.39 is 22.2 Å². The zero-order valence-electron chi connectivity index (χ0n) is 15.1. The van der Waals surface area contributed by atoms with Gasteiger partial charge in [0.1, 0.15) is 11.0 Å². The molecule has 0 aliphatic carbocycles. The fourth-order valence-corrected chi connectivity index (χ4v) is 6.43. The molecule has 0 saturated carbocycles. The van der Waals surface area contributed by atoms with Gasteiger partial charge in [-0.25, -0.2) is 0 Å². The number of fused-ring (bicyclic) bond motifs is 1. The van der Waals surface area contributed by atoms with Gasteiger partial charge in [-0.1, -0.05) is 12.1 Å². The molecule has 4 bridgehead atoms. The fraction of sp³-hybridized carbons (Fsp3) is 0.588. The van der Waals surface area contributed by atoms with Crippen LogP contribution in [0.4, 0.5) is 5.69 Å². The zero-order chi connectivity index (χ0) is 19.4. The normalized spacial score (nSPS) is 42.8. The van der Waals surface area contributed by atoms with Crippen molar-refractivity contribution in [3.8, 4) is 0 Å². The van der Waals surface area contributed by atoms with Gasteiger partial charge in [0.2, 0.25) is 0 Å². The quantitative estimate of drug-likeness (QED) is 0.395. The molecular formula is C17H21N5O5+2. The van der Waals surface area contributed by atoms with Crippen LogP contribution in [0, 0.1) is 25.6 Å². The van der Waals surface area contributed by atoms with E-state index >= 15 is 0 Å². The van der Waals surface area contributed by atoms with E-state index in [1.807, 2.05) is 24.3 Å². The molecule has 142 valence electrons. The Morgan fingerprint density at radius 2 is 1.44 bits per heavy atom. The minimum absolute atomic E-state index is 0.105. The highest BCUT2D eigenvalue weighted by Crippen LogP contribution is 2.50. The van der Waals surface area contributed by atoms with E-state index in [2.05, 4.69) is 5.32 Å². The molecule has 5 aliphatic heterocycles. The topological polar surface area (TPSA) is 124 Å². The van der Waals surface area contributed by atoms with Gasteiger partial charge >= 0.3 is 22.6 Å². The smallest absolute Gasteiger partial charge is 0.314 e. The van der Waals surface area contributed by atoms with Crippen LogP contribution in [-0.2, 0) is 10.5 Å². The van der Waals surface area contributed by atoms with Crippen molar-refractivity contribution >= 4 is 11.6 Å². The third-order valence-corrected chi connectivity index (χ3v) is 8.03. The number of carbonyl (C=O) groups is 1. The first kappa shape index (κ1) is 16.6. The van der Waals surface area contributed by atoms with Crippen molar-refractivity contribution in [3.05, 3.63) is 50.1 Å². The summed E-state index contributed by atoms with van der Waals surface area (Å²) >= 11 is 0. The summed E-state index contributed by atoms with van der Waals surface area (Å²) in [5.74, 6) is -0.220. The van der Waals surface area contributed by atoms with Gasteiger partial charge in [0.05, 0.1) is 5.69 Å². The molecule has 10 heteroatoms. The number of piperidine rings is 2. The minimum Gasteiger partial charge on any atom is -0.314 e. The summed E-state index contributed by atoms with van der Waals surface area (Å²) < 4.78 is 0. The Kier molecular flexibility index (Phi) is 2.73. The van der Waals surface area contributed by atoms with Crippen molar-refractivity contribution in [2.24, 2.45) is 5.41 Å². The number of quaternary nitrogens is 2. The maximum Gasteiger partial charge on any atom is 0.351 e. The first-order valence-electron chi connectivity index (χ1n) is 9.04. The number of para-hydroxylation sites is 1. The predicted molar refractivity (Wildman–Crippen MR) is 91.4 cm³/mol. The van der Waals surface area contributed by atoms with E-state index in [1.165, 1.54) is 0 Å². The molecule has 0 unspecified atom stereocenters. The molecule has 1 aromatic carbocycles. The Morgan fingerprint density at radius 3 is 1.93 bits per heavy atom. The number of nitro groups is 2. The second kappa shape index (κ2) is 4.45. The Labute approximate surface area is 154 Å². The van der Waals surface area contributed by atoms with Gasteiger partial charge in [-0.3, -0.25) is 34.8 Å². The van der Waals surface area contributed by atoms with Crippen molar-refractivity contribution in [1.29, 1.82) is 0 Å². The third kappa shape index (κ3) is 1.44. The zero-order valence-corrected chi connectivity index (χ0v) is 15.1. The van der Waals surface area contributed by atoms with Crippen LogP contribution in [-0.4, -0.2) is 53.0 Å². The first-order valence-corrected chi connectivity index (χ1v) is 9.04. The van der Waals surface area contributed by atoms with Crippen LogP contribution in [0.15, 0.2) is 24.3 Å². The lowest BCUT2D eigenvalue weighted by atomic mass is 9.52. The summed E-state index contributed by atoms with van der Waals surface area (Å²) in [6.07, 6.45) is 0. The number of nitrogens with one attached hydrogen (secondary N) is 3. The van der Waals surface area contributed by atoms with Crippen LogP contribution >= 0.6 is 0 Å². The van der Waals surface area contributed by atoms with Crippen LogP contribution in [0.2, 0.25) is 0 Å². The van der Waals surface area contributed by atoms with Crippen LogP contribution in [0.3, 0.4) is 0 Å². The maximum absolute atomic E-state index is 13.2. The van der Waals surface area contributed by atoms with E-state index in [0.717, 1.165) is 5.56 Å². The van der Waals surface area contributed by atoms with E-state index in [-0.39, 0.29) is 41.9 Å². The summed E-state index contributed by atoms with van der Waals surface area (Å²) in [6.45, 7) is 3.74. The highest BCUT2D eigenvalue weighted by atomic mass is 16.6. The molecule has 6 rings (SSSR count). The number of anilines is 1. The lowest BCUT2D eigenvalue weighted by Gasteiger charge is -2.62. The molecule has 4 fully saturated rings. The second-order valence-corrected chi connectivity index (χ2v) is 8.87. The van der Waals surface area contributed by atoms with Gasteiger partial charge in [0.15, 0.2) is 26.2 Å². The molecule has 1 spiro atoms. The molecule has 10 nitrogen and oxygen atoms in total. The Bertz CT molecular complexity index is 876. The fourth-order valence-electron chi connectivity index (χ4n) is 6.43. The first-order chi connectivity index (χ1) is 12.6. The van der Waals surface area contributed by atoms with Crippen molar-refractivity contribution < 1.29 is 24.4 Å². The molecule has 0 radical (unpaired) electrons. The Balaban J connectivity index is 1.77. The number of carbonyl (C=O) groups excluding carboxylic acids is 1. The summed E-state index contributed by atoms with van der Waals surface area (Å²) in [6, 6.07) is 7.33. The lowest BCUT2D eigenvalue weighted by molar-refractivity contribution is -1.22. The monoisotopic (exact) mass is 375 g/mol. The van der Waals surface area contributed by atoms with Crippen LogP contribution in [0.5, 0.6) is 0 Å². The molecule has 3 N–H and O–H groups in total. The van der Waals surface area contributed by atoms with Gasteiger partial charge < -0.3 is 5.32 Å². The number of rotatable bonds is 2. The number of hydrogen-bond donors (Lipinski definition) is 3.